The van der Waals surface area contributed by atoms with Gasteiger partial charge in [0.1, 0.15) is 5.75 Å². The van der Waals surface area contributed by atoms with Crippen LogP contribution in [-0.4, -0.2) is 18.6 Å². The molecule has 0 radical (unpaired) electrons. The molecule has 1 aromatic carbocycles. The highest BCUT2D eigenvalue weighted by Gasteiger charge is 1.91. The van der Waals surface area contributed by atoms with E-state index in [-0.39, 0.29) is 0 Å². The Bertz CT molecular complexity index is 218. The summed E-state index contributed by atoms with van der Waals surface area (Å²) in [6.07, 6.45) is 2.08. The third-order valence-electron chi connectivity index (χ3n) is 1.58. The molecule has 12 heavy (non-hydrogen) atoms. The summed E-state index contributed by atoms with van der Waals surface area (Å²) in [5, 5.41) is 0. The first-order chi connectivity index (χ1) is 5.83. The fourth-order valence-corrected chi connectivity index (χ4v) is 1.13. The van der Waals surface area contributed by atoms with Crippen LogP contribution in [0.1, 0.15) is 5.56 Å². The van der Waals surface area contributed by atoms with Crippen LogP contribution in [0.5, 0.6) is 5.75 Å². The van der Waals surface area contributed by atoms with Crippen LogP contribution in [0, 0.1) is 6.92 Å². The van der Waals surface area contributed by atoms with Crippen molar-refractivity contribution in [1.82, 2.24) is 0 Å². The van der Waals surface area contributed by atoms with E-state index in [1.54, 1.807) is 11.8 Å². The quantitative estimate of drug-likeness (QED) is 0.662. The molecule has 0 saturated carbocycles. The average molecular weight is 182 g/mol. The van der Waals surface area contributed by atoms with E-state index in [0.717, 1.165) is 18.1 Å². The van der Waals surface area contributed by atoms with Crippen molar-refractivity contribution >= 4 is 11.8 Å². The molecule has 0 heterocycles. The van der Waals surface area contributed by atoms with Crippen molar-refractivity contribution < 1.29 is 4.74 Å². The predicted molar refractivity (Wildman–Crippen MR) is 55.1 cm³/mol. The van der Waals surface area contributed by atoms with Gasteiger partial charge in [-0.05, 0) is 25.3 Å². The second kappa shape index (κ2) is 5.09. The molecule has 0 fully saturated rings. The Kier molecular flexibility index (Phi) is 4.01. The summed E-state index contributed by atoms with van der Waals surface area (Å²) in [5.74, 6) is 2.02. The lowest BCUT2D eigenvalue weighted by atomic mass is 10.2. The molecular formula is C10H14OS. The Morgan fingerprint density at radius 3 is 2.50 bits per heavy atom. The van der Waals surface area contributed by atoms with Crippen molar-refractivity contribution in [2.75, 3.05) is 18.6 Å². The molecule has 0 spiro atoms. The zero-order valence-electron chi connectivity index (χ0n) is 7.54. The van der Waals surface area contributed by atoms with Crippen LogP contribution in [0.2, 0.25) is 0 Å². The van der Waals surface area contributed by atoms with Crippen LogP contribution >= 0.6 is 11.8 Å². The number of aryl methyl sites for hydroxylation is 1. The number of hydrogen-bond donors (Lipinski definition) is 0. The molecule has 2 heteroatoms. The van der Waals surface area contributed by atoms with Crippen molar-refractivity contribution in [2.45, 2.75) is 6.92 Å². The maximum atomic E-state index is 5.48. The maximum absolute atomic E-state index is 5.48. The van der Waals surface area contributed by atoms with Crippen molar-refractivity contribution in [3.05, 3.63) is 29.8 Å². The molecule has 0 unspecified atom stereocenters. The van der Waals surface area contributed by atoms with Crippen LogP contribution in [0.3, 0.4) is 0 Å². The molecule has 1 nitrogen and oxygen atoms in total. The average Bonchev–Trinajstić information content (AvgIpc) is 2.09. The molecule has 0 aliphatic carbocycles. The second-order valence-electron chi connectivity index (χ2n) is 2.65. The molecule has 0 aliphatic rings. The number of benzene rings is 1. The van der Waals surface area contributed by atoms with Gasteiger partial charge in [0.05, 0.1) is 6.61 Å². The molecule has 0 aromatic heterocycles. The fraction of sp³-hybridized carbons (Fsp3) is 0.400. The minimum absolute atomic E-state index is 0.796. The van der Waals surface area contributed by atoms with E-state index in [9.17, 15) is 0 Å². The van der Waals surface area contributed by atoms with E-state index in [0.29, 0.717) is 0 Å². The predicted octanol–water partition coefficient (Wildman–Crippen LogP) is 2.74. The van der Waals surface area contributed by atoms with Crippen LogP contribution in [0.15, 0.2) is 24.3 Å². The third kappa shape index (κ3) is 3.18. The van der Waals surface area contributed by atoms with Gasteiger partial charge in [-0.1, -0.05) is 17.7 Å². The van der Waals surface area contributed by atoms with Gasteiger partial charge >= 0.3 is 0 Å². The zero-order valence-corrected chi connectivity index (χ0v) is 8.36. The molecule has 1 rings (SSSR count). The van der Waals surface area contributed by atoms with Gasteiger partial charge in [0.2, 0.25) is 0 Å². The van der Waals surface area contributed by atoms with Crippen LogP contribution < -0.4 is 4.74 Å². The van der Waals surface area contributed by atoms with Crippen molar-refractivity contribution in [1.29, 1.82) is 0 Å². The van der Waals surface area contributed by atoms with Gasteiger partial charge in [-0.3, -0.25) is 0 Å². The molecule has 0 amide bonds. The Balaban J connectivity index is 2.37. The lowest BCUT2D eigenvalue weighted by molar-refractivity contribution is 0.344. The van der Waals surface area contributed by atoms with E-state index in [1.807, 2.05) is 12.1 Å². The van der Waals surface area contributed by atoms with Crippen LogP contribution in [-0.2, 0) is 0 Å². The van der Waals surface area contributed by atoms with Crippen LogP contribution in [0.25, 0.3) is 0 Å². The summed E-state index contributed by atoms with van der Waals surface area (Å²) in [6, 6.07) is 8.15. The van der Waals surface area contributed by atoms with Crippen molar-refractivity contribution in [3.63, 3.8) is 0 Å². The summed E-state index contributed by atoms with van der Waals surface area (Å²) in [6.45, 7) is 2.87. The minimum Gasteiger partial charge on any atom is -0.493 e. The number of hydrogen-bond acceptors (Lipinski definition) is 2. The summed E-state index contributed by atoms with van der Waals surface area (Å²) < 4.78 is 5.48. The van der Waals surface area contributed by atoms with E-state index in [4.69, 9.17) is 4.74 Å². The molecule has 1 aromatic rings. The Morgan fingerprint density at radius 1 is 1.25 bits per heavy atom. The number of thioether (sulfide) groups is 1. The Morgan fingerprint density at radius 2 is 1.92 bits per heavy atom. The highest BCUT2D eigenvalue weighted by Crippen LogP contribution is 2.11. The molecule has 0 atom stereocenters. The molecule has 66 valence electrons. The molecule has 0 saturated heterocycles. The van der Waals surface area contributed by atoms with E-state index in [1.165, 1.54) is 5.56 Å². The lowest BCUT2D eigenvalue weighted by Gasteiger charge is -2.04. The minimum atomic E-state index is 0.796. The molecular weight excluding hydrogens is 168 g/mol. The lowest BCUT2D eigenvalue weighted by Crippen LogP contribution is -1.99. The first-order valence-corrected chi connectivity index (χ1v) is 5.40. The summed E-state index contributed by atoms with van der Waals surface area (Å²) >= 11 is 1.80. The first kappa shape index (κ1) is 9.46. The highest BCUT2D eigenvalue weighted by atomic mass is 32.2. The Labute approximate surface area is 78.1 Å². The zero-order chi connectivity index (χ0) is 8.81. The van der Waals surface area contributed by atoms with Gasteiger partial charge in [0.15, 0.2) is 0 Å². The summed E-state index contributed by atoms with van der Waals surface area (Å²) in [7, 11) is 0. The normalized spacial score (nSPS) is 9.83. The number of rotatable bonds is 4. The van der Waals surface area contributed by atoms with E-state index >= 15 is 0 Å². The van der Waals surface area contributed by atoms with E-state index in [2.05, 4.69) is 25.3 Å². The van der Waals surface area contributed by atoms with Gasteiger partial charge in [0.25, 0.3) is 0 Å². The smallest absolute Gasteiger partial charge is 0.119 e. The first-order valence-electron chi connectivity index (χ1n) is 4.01. The standard InChI is InChI=1S/C10H14OS/c1-9-3-5-10(6-4-9)11-7-8-12-2/h3-6H,7-8H2,1-2H3. The van der Waals surface area contributed by atoms with Gasteiger partial charge in [0, 0.05) is 5.75 Å². The van der Waals surface area contributed by atoms with Gasteiger partial charge < -0.3 is 4.74 Å². The fourth-order valence-electron chi connectivity index (χ4n) is 0.877. The topological polar surface area (TPSA) is 9.23 Å². The molecule has 0 N–H and O–H groups in total. The molecule has 0 bridgehead atoms. The summed E-state index contributed by atoms with van der Waals surface area (Å²) in [5.41, 5.74) is 1.27. The van der Waals surface area contributed by atoms with Gasteiger partial charge in [-0.15, -0.1) is 0 Å². The van der Waals surface area contributed by atoms with Crippen molar-refractivity contribution in [2.24, 2.45) is 0 Å². The summed E-state index contributed by atoms with van der Waals surface area (Å²) in [4.78, 5) is 0. The highest BCUT2D eigenvalue weighted by molar-refractivity contribution is 7.98. The largest absolute Gasteiger partial charge is 0.493 e. The SMILES string of the molecule is CSCCOc1ccc(C)cc1. The monoisotopic (exact) mass is 182 g/mol. The third-order valence-corrected chi connectivity index (χ3v) is 2.15. The molecule has 0 aliphatic heterocycles. The maximum Gasteiger partial charge on any atom is 0.119 e. The van der Waals surface area contributed by atoms with Crippen molar-refractivity contribution in [3.8, 4) is 5.75 Å². The van der Waals surface area contributed by atoms with Gasteiger partial charge in [-0.25, -0.2) is 0 Å². The van der Waals surface area contributed by atoms with Crippen LogP contribution in [0.4, 0.5) is 0 Å². The number of ether oxygens (including phenoxy) is 1. The Hall–Kier alpha value is -0.630. The van der Waals surface area contributed by atoms with Gasteiger partial charge in [-0.2, -0.15) is 11.8 Å². The second-order valence-corrected chi connectivity index (χ2v) is 3.64. The van der Waals surface area contributed by atoms with E-state index < -0.39 is 0 Å².